The van der Waals surface area contributed by atoms with Crippen molar-refractivity contribution in [1.82, 2.24) is 20.5 Å². The van der Waals surface area contributed by atoms with Crippen molar-refractivity contribution < 1.29 is 4.39 Å². The molecule has 7 heteroatoms. The molecular formula is C21H29FN6. The molecule has 0 spiro atoms. The summed E-state index contributed by atoms with van der Waals surface area (Å²) in [4.78, 5) is 13.5. The maximum absolute atomic E-state index is 13.7. The zero-order chi connectivity index (χ0) is 19.8. The third-order valence-corrected chi connectivity index (χ3v) is 5.04. The molecule has 0 atom stereocenters. The summed E-state index contributed by atoms with van der Waals surface area (Å²) in [5.74, 6) is 1.44. The molecule has 0 radical (unpaired) electrons. The van der Waals surface area contributed by atoms with Crippen molar-refractivity contribution in [1.29, 1.82) is 0 Å². The van der Waals surface area contributed by atoms with Crippen LogP contribution in [0.1, 0.15) is 18.1 Å². The summed E-state index contributed by atoms with van der Waals surface area (Å²) in [6.07, 6.45) is 1.86. The summed E-state index contributed by atoms with van der Waals surface area (Å²) in [6, 6.07) is 10.9. The molecule has 0 unspecified atom stereocenters. The predicted molar refractivity (Wildman–Crippen MR) is 112 cm³/mol. The third-order valence-electron chi connectivity index (χ3n) is 5.04. The van der Waals surface area contributed by atoms with E-state index in [0.29, 0.717) is 24.6 Å². The number of benzene rings is 1. The van der Waals surface area contributed by atoms with Gasteiger partial charge in [0.15, 0.2) is 5.96 Å². The molecule has 1 aliphatic heterocycles. The van der Waals surface area contributed by atoms with Gasteiger partial charge >= 0.3 is 0 Å². The van der Waals surface area contributed by atoms with E-state index in [1.165, 1.54) is 6.07 Å². The summed E-state index contributed by atoms with van der Waals surface area (Å²) in [5, 5.41) is 6.44. The van der Waals surface area contributed by atoms with Crippen LogP contribution in [0.25, 0.3) is 0 Å². The zero-order valence-electron chi connectivity index (χ0n) is 16.7. The number of likely N-dealkylation sites (N-methyl/N-ethyl adjacent to an activating group) is 1. The van der Waals surface area contributed by atoms with Crippen LogP contribution in [0.3, 0.4) is 0 Å². The van der Waals surface area contributed by atoms with Crippen LogP contribution in [-0.2, 0) is 13.1 Å². The molecule has 0 saturated carbocycles. The molecule has 1 aromatic carbocycles. The predicted octanol–water partition coefficient (Wildman–Crippen LogP) is 2.23. The molecule has 0 bridgehead atoms. The minimum atomic E-state index is -0.215. The number of hydrogen-bond acceptors (Lipinski definition) is 4. The molecule has 1 saturated heterocycles. The van der Waals surface area contributed by atoms with Crippen LogP contribution in [-0.4, -0.2) is 55.6 Å². The summed E-state index contributed by atoms with van der Waals surface area (Å²) in [6.45, 7) is 8.47. The van der Waals surface area contributed by atoms with Crippen LogP contribution in [0.15, 0.2) is 47.6 Å². The van der Waals surface area contributed by atoms with Crippen molar-refractivity contribution in [2.45, 2.75) is 20.0 Å². The highest BCUT2D eigenvalue weighted by molar-refractivity contribution is 5.79. The SMILES string of the molecule is CCN1CCN(c2cc(CNC(=NC)NCc3ccccc3F)ccn2)CC1. The molecule has 150 valence electrons. The van der Waals surface area contributed by atoms with Crippen LogP contribution >= 0.6 is 0 Å². The van der Waals surface area contributed by atoms with Crippen LogP contribution in [0.4, 0.5) is 10.2 Å². The van der Waals surface area contributed by atoms with Gasteiger partial charge in [0, 0.05) is 58.1 Å². The van der Waals surface area contributed by atoms with E-state index in [0.717, 1.165) is 44.1 Å². The lowest BCUT2D eigenvalue weighted by atomic mass is 10.2. The smallest absolute Gasteiger partial charge is 0.191 e. The average molecular weight is 385 g/mol. The quantitative estimate of drug-likeness (QED) is 0.591. The Labute approximate surface area is 166 Å². The maximum Gasteiger partial charge on any atom is 0.191 e. The molecule has 3 rings (SSSR count). The highest BCUT2D eigenvalue weighted by atomic mass is 19.1. The van der Waals surface area contributed by atoms with E-state index in [1.807, 2.05) is 18.3 Å². The van der Waals surface area contributed by atoms with Gasteiger partial charge in [0.05, 0.1) is 0 Å². The molecule has 28 heavy (non-hydrogen) atoms. The standard InChI is InChI=1S/C21H29FN6/c1-3-27-10-12-28(13-11-27)20-14-17(8-9-24-20)15-25-21(23-2)26-16-18-6-4-5-7-19(18)22/h4-9,14H,3,10-13,15-16H2,1-2H3,(H2,23,25,26). The average Bonchev–Trinajstić information content (AvgIpc) is 2.75. The second-order valence-electron chi connectivity index (χ2n) is 6.81. The lowest BCUT2D eigenvalue weighted by molar-refractivity contribution is 0.270. The van der Waals surface area contributed by atoms with Gasteiger partial charge < -0.3 is 20.4 Å². The van der Waals surface area contributed by atoms with Crippen LogP contribution < -0.4 is 15.5 Å². The van der Waals surface area contributed by atoms with Crippen LogP contribution in [0.2, 0.25) is 0 Å². The normalized spacial score (nSPS) is 15.5. The molecule has 0 aliphatic carbocycles. The molecule has 2 heterocycles. The molecule has 0 amide bonds. The van der Waals surface area contributed by atoms with E-state index in [2.05, 4.69) is 43.4 Å². The summed E-state index contributed by atoms with van der Waals surface area (Å²) >= 11 is 0. The van der Waals surface area contributed by atoms with Gasteiger partial charge in [-0.1, -0.05) is 25.1 Å². The van der Waals surface area contributed by atoms with Crippen molar-refractivity contribution >= 4 is 11.8 Å². The third kappa shape index (κ3) is 5.42. The highest BCUT2D eigenvalue weighted by Crippen LogP contribution is 2.15. The van der Waals surface area contributed by atoms with Gasteiger partial charge in [0.25, 0.3) is 0 Å². The van der Waals surface area contributed by atoms with Gasteiger partial charge in [-0.05, 0) is 30.3 Å². The van der Waals surface area contributed by atoms with Crippen molar-refractivity contribution in [3.05, 3.63) is 59.5 Å². The molecule has 2 aromatic rings. The Balaban J connectivity index is 1.53. The van der Waals surface area contributed by atoms with Gasteiger partial charge in [0.1, 0.15) is 11.6 Å². The van der Waals surface area contributed by atoms with Gasteiger partial charge in [-0.25, -0.2) is 9.37 Å². The summed E-state index contributed by atoms with van der Waals surface area (Å²) in [7, 11) is 1.71. The number of halogens is 1. The zero-order valence-corrected chi connectivity index (χ0v) is 16.7. The number of aromatic nitrogens is 1. The number of guanidine groups is 1. The molecular weight excluding hydrogens is 355 g/mol. The summed E-state index contributed by atoms with van der Waals surface area (Å²) < 4.78 is 13.7. The first-order valence-corrected chi connectivity index (χ1v) is 9.79. The number of aliphatic imine (C=N–C) groups is 1. The Morgan fingerprint density at radius 1 is 1.11 bits per heavy atom. The second-order valence-corrected chi connectivity index (χ2v) is 6.81. The highest BCUT2D eigenvalue weighted by Gasteiger charge is 2.16. The van der Waals surface area contributed by atoms with E-state index < -0.39 is 0 Å². The lowest BCUT2D eigenvalue weighted by Gasteiger charge is -2.34. The molecule has 1 aromatic heterocycles. The number of hydrogen-bond donors (Lipinski definition) is 2. The van der Waals surface area contributed by atoms with Gasteiger partial charge in [-0.2, -0.15) is 0 Å². The Morgan fingerprint density at radius 3 is 2.57 bits per heavy atom. The van der Waals surface area contributed by atoms with Gasteiger partial charge in [-0.15, -0.1) is 0 Å². The number of nitrogens with one attached hydrogen (secondary N) is 2. The number of pyridine rings is 1. The first-order chi connectivity index (χ1) is 13.7. The first-order valence-electron chi connectivity index (χ1n) is 9.79. The van der Waals surface area contributed by atoms with Crippen molar-refractivity contribution in [3.8, 4) is 0 Å². The van der Waals surface area contributed by atoms with Gasteiger partial charge in [0.2, 0.25) is 0 Å². The van der Waals surface area contributed by atoms with E-state index in [9.17, 15) is 4.39 Å². The fourth-order valence-electron chi connectivity index (χ4n) is 3.26. The van der Waals surface area contributed by atoms with E-state index >= 15 is 0 Å². The lowest BCUT2D eigenvalue weighted by Crippen LogP contribution is -2.46. The Bertz CT molecular complexity index is 786. The van der Waals surface area contributed by atoms with Crippen LogP contribution in [0.5, 0.6) is 0 Å². The maximum atomic E-state index is 13.7. The van der Waals surface area contributed by atoms with Gasteiger partial charge in [-0.3, -0.25) is 4.99 Å². The van der Waals surface area contributed by atoms with Crippen molar-refractivity contribution in [2.75, 3.05) is 44.7 Å². The van der Waals surface area contributed by atoms with Crippen molar-refractivity contribution in [2.24, 2.45) is 4.99 Å². The minimum absolute atomic E-state index is 0.215. The largest absolute Gasteiger partial charge is 0.354 e. The molecule has 1 fully saturated rings. The minimum Gasteiger partial charge on any atom is -0.354 e. The number of rotatable bonds is 6. The Kier molecular flexibility index (Phi) is 7.19. The summed E-state index contributed by atoms with van der Waals surface area (Å²) in [5.41, 5.74) is 1.75. The molecule has 6 nitrogen and oxygen atoms in total. The van der Waals surface area contributed by atoms with E-state index in [-0.39, 0.29) is 5.82 Å². The monoisotopic (exact) mass is 384 g/mol. The van der Waals surface area contributed by atoms with E-state index in [1.54, 1.807) is 19.2 Å². The van der Waals surface area contributed by atoms with E-state index in [4.69, 9.17) is 0 Å². The topological polar surface area (TPSA) is 55.8 Å². The number of anilines is 1. The van der Waals surface area contributed by atoms with Crippen LogP contribution in [0, 0.1) is 5.82 Å². The molecule has 1 aliphatic rings. The second kappa shape index (κ2) is 10.0. The molecule has 2 N–H and O–H groups in total. The number of nitrogens with zero attached hydrogens (tertiary/aromatic N) is 4. The first kappa shape index (κ1) is 20.1. The fourth-order valence-corrected chi connectivity index (χ4v) is 3.26. The fraction of sp³-hybridized carbons (Fsp3) is 0.429. The van der Waals surface area contributed by atoms with Crippen molar-refractivity contribution in [3.63, 3.8) is 0 Å². The number of piperazine rings is 1. The Hall–Kier alpha value is -2.67. The Morgan fingerprint density at radius 2 is 1.86 bits per heavy atom.